The predicted molar refractivity (Wildman–Crippen MR) is 90.9 cm³/mol. The van der Waals surface area contributed by atoms with Gasteiger partial charge in [-0.1, -0.05) is 42.0 Å². The molecule has 0 fully saturated rings. The third-order valence-electron chi connectivity index (χ3n) is 3.59. The first-order valence-corrected chi connectivity index (χ1v) is 7.96. The van der Waals surface area contributed by atoms with Crippen LogP contribution in [-0.2, 0) is 20.9 Å². The van der Waals surface area contributed by atoms with Crippen LogP contribution < -0.4 is 0 Å². The van der Waals surface area contributed by atoms with E-state index in [0.29, 0.717) is 13.0 Å². The Morgan fingerprint density at radius 3 is 2.48 bits per heavy atom. The molecular weight excluding hydrogens is 292 g/mol. The van der Waals surface area contributed by atoms with Crippen LogP contribution in [0, 0.1) is 0 Å². The summed E-state index contributed by atoms with van der Waals surface area (Å²) >= 11 is 0. The van der Waals surface area contributed by atoms with Gasteiger partial charge in [0, 0.05) is 6.92 Å². The van der Waals surface area contributed by atoms with E-state index in [1.165, 1.54) is 12.5 Å². The average Bonchev–Trinajstić information content (AvgIpc) is 2.46. The summed E-state index contributed by atoms with van der Waals surface area (Å²) in [4.78, 5) is 11.3. The molecule has 1 aromatic rings. The summed E-state index contributed by atoms with van der Waals surface area (Å²) < 4.78 is 10.9. The Bertz CT molecular complexity index is 501. The Hall–Kier alpha value is -1.65. The summed E-state index contributed by atoms with van der Waals surface area (Å²) in [5.74, 6) is -0.416. The standard InChI is InChI=1S/C19H28O4/c1-15(2)9-8-12-19(4,21)18(23-16(3)20)14-22-13-17-10-6-5-7-11-17/h5-7,9-11,18,21H,8,12-14H2,1-4H3/t18-,19+/m0/s1. The lowest BCUT2D eigenvalue weighted by Gasteiger charge is -2.32. The van der Waals surface area contributed by atoms with E-state index in [-0.39, 0.29) is 6.61 Å². The molecule has 128 valence electrons. The normalized spacial score (nSPS) is 14.7. The highest BCUT2D eigenvalue weighted by Crippen LogP contribution is 2.22. The van der Waals surface area contributed by atoms with E-state index >= 15 is 0 Å². The molecule has 0 saturated carbocycles. The molecule has 2 atom stereocenters. The molecular formula is C19H28O4. The Kier molecular flexibility index (Phi) is 8.00. The van der Waals surface area contributed by atoms with Gasteiger partial charge in [-0.05, 0) is 39.2 Å². The number of rotatable bonds is 9. The summed E-state index contributed by atoms with van der Waals surface area (Å²) in [7, 11) is 0. The third kappa shape index (κ3) is 7.95. The van der Waals surface area contributed by atoms with Gasteiger partial charge in [-0.2, -0.15) is 0 Å². The highest BCUT2D eigenvalue weighted by molar-refractivity contribution is 5.66. The minimum atomic E-state index is -1.13. The van der Waals surface area contributed by atoms with Crippen LogP contribution in [0.1, 0.15) is 46.1 Å². The zero-order chi connectivity index (χ0) is 17.3. The lowest BCUT2D eigenvalue weighted by atomic mass is 9.93. The Morgan fingerprint density at radius 2 is 1.91 bits per heavy atom. The molecule has 1 rings (SSSR count). The first-order valence-electron chi connectivity index (χ1n) is 7.96. The zero-order valence-corrected chi connectivity index (χ0v) is 14.5. The van der Waals surface area contributed by atoms with Crippen molar-refractivity contribution in [3.05, 3.63) is 47.5 Å². The summed E-state index contributed by atoms with van der Waals surface area (Å²) in [6.07, 6.45) is 2.61. The average molecular weight is 320 g/mol. The van der Waals surface area contributed by atoms with Gasteiger partial charge in [0.1, 0.15) is 5.60 Å². The molecule has 0 aromatic heterocycles. The minimum absolute atomic E-state index is 0.163. The van der Waals surface area contributed by atoms with Crippen molar-refractivity contribution in [2.24, 2.45) is 0 Å². The van der Waals surface area contributed by atoms with Crippen LogP contribution >= 0.6 is 0 Å². The fourth-order valence-electron chi connectivity index (χ4n) is 2.21. The SMILES string of the molecule is CC(=O)O[C@@H](COCc1ccccc1)[C@](C)(O)CCC=C(C)C. The number of esters is 1. The Morgan fingerprint density at radius 1 is 1.26 bits per heavy atom. The fourth-order valence-corrected chi connectivity index (χ4v) is 2.21. The maximum atomic E-state index is 11.3. The van der Waals surface area contributed by atoms with Crippen LogP contribution in [0.25, 0.3) is 0 Å². The molecule has 0 aliphatic carbocycles. The lowest BCUT2D eigenvalue weighted by molar-refractivity contribution is -0.170. The largest absolute Gasteiger partial charge is 0.457 e. The summed E-state index contributed by atoms with van der Waals surface area (Å²) in [5.41, 5.74) is 1.11. The van der Waals surface area contributed by atoms with Crippen LogP contribution in [0.5, 0.6) is 0 Å². The number of carbonyl (C=O) groups is 1. The molecule has 0 bridgehead atoms. The number of ether oxygens (including phenoxy) is 2. The van der Waals surface area contributed by atoms with Gasteiger partial charge in [-0.25, -0.2) is 0 Å². The second kappa shape index (κ2) is 9.48. The number of hydrogen-bond donors (Lipinski definition) is 1. The molecule has 0 aliphatic heterocycles. The van der Waals surface area contributed by atoms with E-state index in [2.05, 4.69) is 6.08 Å². The van der Waals surface area contributed by atoms with Crippen molar-refractivity contribution in [3.8, 4) is 0 Å². The van der Waals surface area contributed by atoms with Gasteiger partial charge in [0.15, 0.2) is 6.10 Å². The van der Waals surface area contributed by atoms with E-state index in [9.17, 15) is 9.90 Å². The number of carbonyl (C=O) groups excluding carboxylic acids is 1. The van der Waals surface area contributed by atoms with E-state index in [1.807, 2.05) is 44.2 Å². The fraction of sp³-hybridized carbons (Fsp3) is 0.526. The molecule has 0 spiro atoms. The third-order valence-corrected chi connectivity index (χ3v) is 3.59. The van der Waals surface area contributed by atoms with Gasteiger partial charge in [0.05, 0.1) is 13.2 Å². The smallest absolute Gasteiger partial charge is 0.303 e. The number of aliphatic hydroxyl groups is 1. The second-order valence-electron chi connectivity index (χ2n) is 6.28. The van der Waals surface area contributed by atoms with Gasteiger partial charge in [0.2, 0.25) is 0 Å². The van der Waals surface area contributed by atoms with Gasteiger partial charge in [-0.15, -0.1) is 0 Å². The molecule has 23 heavy (non-hydrogen) atoms. The van der Waals surface area contributed by atoms with Crippen molar-refractivity contribution in [1.29, 1.82) is 0 Å². The zero-order valence-electron chi connectivity index (χ0n) is 14.5. The van der Waals surface area contributed by atoms with E-state index in [4.69, 9.17) is 9.47 Å². The van der Waals surface area contributed by atoms with E-state index in [0.717, 1.165) is 12.0 Å². The lowest BCUT2D eigenvalue weighted by Crippen LogP contribution is -2.45. The highest BCUT2D eigenvalue weighted by Gasteiger charge is 2.34. The van der Waals surface area contributed by atoms with Crippen molar-refractivity contribution in [3.63, 3.8) is 0 Å². The maximum Gasteiger partial charge on any atom is 0.303 e. The van der Waals surface area contributed by atoms with Gasteiger partial charge in [0.25, 0.3) is 0 Å². The summed E-state index contributed by atoms with van der Waals surface area (Å²) in [6, 6.07) is 9.76. The molecule has 0 aliphatic rings. The topological polar surface area (TPSA) is 55.8 Å². The van der Waals surface area contributed by atoms with Crippen molar-refractivity contribution in [2.75, 3.05) is 6.61 Å². The number of allylic oxidation sites excluding steroid dienone is 2. The van der Waals surface area contributed by atoms with E-state index in [1.54, 1.807) is 6.92 Å². The minimum Gasteiger partial charge on any atom is -0.457 e. The molecule has 0 heterocycles. The van der Waals surface area contributed by atoms with Gasteiger partial charge >= 0.3 is 5.97 Å². The van der Waals surface area contributed by atoms with Gasteiger partial charge in [-0.3, -0.25) is 4.79 Å². The molecule has 0 radical (unpaired) electrons. The maximum absolute atomic E-state index is 11.3. The molecule has 0 unspecified atom stereocenters. The van der Waals surface area contributed by atoms with Crippen molar-refractivity contribution in [1.82, 2.24) is 0 Å². The van der Waals surface area contributed by atoms with E-state index < -0.39 is 17.7 Å². The monoisotopic (exact) mass is 320 g/mol. The van der Waals surface area contributed by atoms with Gasteiger partial charge < -0.3 is 14.6 Å². The van der Waals surface area contributed by atoms with Crippen molar-refractivity contribution >= 4 is 5.97 Å². The van der Waals surface area contributed by atoms with Crippen LogP contribution in [0.4, 0.5) is 0 Å². The highest BCUT2D eigenvalue weighted by atomic mass is 16.6. The quantitative estimate of drug-likeness (QED) is 0.557. The first kappa shape index (κ1) is 19.4. The van der Waals surface area contributed by atoms with Crippen LogP contribution in [0.15, 0.2) is 42.0 Å². The molecule has 1 N–H and O–H groups in total. The predicted octanol–water partition coefficient (Wildman–Crippen LogP) is 3.63. The molecule has 1 aromatic carbocycles. The van der Waals surface area contributed by atoms with Crippen molar-refractivity contribution in [2.45, 2.75) is 58.8 Å². The number of benzene rings is 1. The second-order valence-corrected chi connectivity index (χ2v) is 6.28. The van der Waals surface area contributed by atoms with Crippen LogP contribution in [0.2, 0.25) is 0 Å². The Labute approximate surface area is 139 Å². The summed E-state index contributed by atoms with van der Waals surface area (Å²) in [5, 5.41) is 10.6. The van der Waals surface area contributed by atoms with Crippen LogP contribution in [-0.4, -0.2) is 29.4 Å². The first-order chi connectivity index (χ1) is 10.8. The Balaban J connectivity index is 2.59. The molecule has 0 amide bonds. The molecule has 4 nitrogen and oxygen atoms in total. The van der Waals surface area contributed by atoms with Crippen molar-refractivity contribution < 1.29 is 19.4 Å². The van der Waals surface area contributed by atoms with Crippen LogP contribution in [0.3, 0.4) is 0 Å². The number of hydrogen-bond acceptors (Lipinski definition) is 4. The summed E-state index contributed by atoms with van der Waals surface area (Å²) in [6.45, 7) is 7.64. The molecule has 0 saturated heterocycles. The molecule has 4 heteroatoms.